The molecule has 0 spiro atoms. The number of hydrogen-bond acceptors (Lipinski definition) is 6. The molecule has 7 rings (SSSR count). The van der Waals surface area contributed by atoms with E-state index in [0.717, 1.165) is 6.42 Å². The summed E-state index contributed by atoms with van der Waals surface area (Å²) in [7, 11) is 4.01. The highest BCUT2D eigenvalue weighted by atomic mass is 16.5. The first-order valence-electron chi connectivity index (χ1n) is 7.52. The SMILES string of the molecule is COC(=O)N1CC2CC3C1C1(C(=O)OC)C2CC31C(=O)OC. The number of hydrogen-bond donors (Lipinski definition) is 0. The molecule has 7 nitrogen and oxygen atoms in total. The van der Waals surface area contributed by atoms with Crippen LogP contribution >= 0.6 is 0 Å². The number of esters is 2. The fraction of sp³-hybridized carbons (Fsp3) is 0.800. The van der Waals surface area contributed by atoms with Crippen molar-refractivity contribution in [3.8, 4) is 0 Å². The van der Waals surface area contributed by atoms with Crippen molar-refractivity contribution in [2.75, 3.05) is 27.9 Å². The summed E-state index contributed by atoms with van der Waals surface area (Å²) in [6, 6.07) is -0.310. The van der Waals surface area contributed by atoms with Gasteiger partial charge in [-0.05, 0) is 30.6 Å². The van der Waals surface area contributed by atoms with E-state index in [9.17, 15) is 14.4 Å². The Morgan fingerprint density at radius 2 is 1.68 bits per heavy atom. The van der Waals surface area contributed by atoms with Gasteiger partial charge in [-0.3, -0.25) is 9.59 Å². The lowest BCUT2D eigenvalue weighted by molar-refractivity contribution is -0.372. The summed E-state index contributed by atoms with van der Waals surface area (Å²) in [6.07, 6.45) is 1.08. The average Bonchev–Trinajstić information content (AvgIpc) is 2.54. The van der Waals surface area contributed by atoms with Crippen LogP contribution in [0.5, 0.6) is 0 Å². The topological polar surface area (TPSA) is 82.1 Å². The number of methoxy groups -OCH3 is 3. The van der Waals surface area contributed by atoms with E-state index in [1.165, 1.54) is 21.3 Å². The second kappa shape index (κ2) is 3.94. The third kappa shape index (κ3) is 1.03. The molecule has 2 heterocycles. The number of ether oxygens (including phenoxy) is 3. The molecule has 2 aliphatic heterocycles. The molecule has 0 aromatic rings. The Morgan fingerprint density at radius 1 is 1.00 bits per heavy atom. The van der Waals surface area contributed by atoms with Gasteiger partial charge in [-0.25, -0.2) is 4.79 Å². The minimum absolute atomic E-state index is 0.0399. The molecule has 0 aromatic heterocycles. The smallest absolute Gasteiger partial charge is 0.409 e. The van der Waals surface area contributed by atoms with E-state index >= 15 is 0 Å². The average molecular weight is 309 g/mol. The summed E-state index contributed by atoms with van der Waals surface area (Å²) in [5.74, 6) is -0.467. The van der Waals surface area contributed by atoms with E-state index in [2.05, 4.69) is 0 Å². The molecule has 6 unspecified atom stereocenters. The molecule has 22 heavy (non-hydrogen) atoms. The normalized spacial score (nSPS) is 46.2. The van der Waals surface area contributed by atoms with Crippen LogP contribution in [0.2, 0.25) is 0 Å². The summed E-state index contributed by atoms with van der Waals surface area (Å²) in [5, 5.41) is 0. The molecule has 7 aliphatic rings. The van der Waals surface area contributed by atoms with Crippen LogP contribution in [0.3, 0.4) is 0 Å². The molecule has 7 fully saturated rings. The summed E-state index contributed by atoms with van der Waals surface area (Å²) in [6.45, 7) is 0.592. The molecular formula is C15H19NO6. The van der Waals surface area contributed by atoms with Gasteiger partial charge in [0.15, 0.2) is 0 Å². The predicted molar refractivity (Wildman–Crippen MR) is 71.5 cm³/mol. The third-order valence-electron chi connectivity index (χ3n) is 6.72. The Bertz CT molecular complexity index is 591. The summed E-state index contributed by atoms with van der Waals surface area (Å²) in [5.41, 5.74) is -1.75. The highest BCUT2D eigenvalue weighted by Crippen LogP contribution is 2.85. The molecule has 120 valence electrons. The van der Waals surface area contributed by atoms with Crippen LogP contribution < -0.4 is 0 Å². The van der Waals surface area contributed by atoms with Crippen molar-refractivity contribution in [3.63, 3.8) is 0 Å². The fourth-order valence-corrected chi connectivity index (χ4v) is 6.21. The largest absolute Gasteiger partial charge is 0.469 e. The Morgan fingerprint density at radius 3 is 2.27 bits per heavy atom. The van der Waals surface area contributed by atoms with Gasteiger partial charge in [0.05, 0.1) is 32.8 Å². The van der Waals surface area contributed by atoms with Crippen LogP contribution in [-0.2, 0) is 23.8 Å². The van der Waals surface area contributed by atoms with E-state index in [4.69, 9.17) is 14.2 Å². The highest BCUT2D eigenvalue weighted by Gasteiger charge is 2.94. The van der Waals surface area contributed by atoms with E-state index in [0.29, 0.717) is 13.0 Å². The minimum Gasteiger partial charge on any atom is -0.469 e. The molecular weight excluding hydrogens is 290 g/mol. The monoisotopic (exact) mass is 309 g/mol. The lowest BCUT2D eigenvalue weighted by Crippen LogP contribution is -2.94. The molecule has 7 heteroatoms. The Labute approximate surface area is 127 Å². The van der Waals surface area contributed by atoms with Gasteiger partial charge in [0.25, 0.3) is 0 Å². The summed E-state index contributed by atoms with van der Waals surface area (Å²) < 4.78 is 14.9. The second-order valence-electron chi connectivity index (χ2n) is 6.80. The maximum Gasteiger partial charge on any atom is 0.409 e. The van der Waals surface area contributed by atoms with E-state index < -0.39 is 22.9 Å². The summed E-state index contributed by atoms with van der Waals surface area (Å²) in [4.78, 5) is 38.8. The first-order chi connectivity index (χ1) is 10.5. The highest BCUT2D eigenvalue weighted by molar-refractivity contribution is 5.97. The maximum atomic E-state index is 12.6. The van der Waals surface area contributed by atoms with Crippen LogP contribution in [0.4, 0.5) is 4.79 Å². The number of fused-ring (bicyclic) bond motifs is 1. The van der Waals surface area contributed by atoms with Crippen LogP contribution in [0.1, 0.15) is 12.8 Å². The zero-order valence-corrected chi connectivity index (χ0v) is 12.8. The van der Waals surface area contributed by atoms with Crippen molar-refractivity contribution in [3.05, 3.63) is 0 Å². The molecule has 5 aliphatic carbocycles. The number of amides is 1. The number of piperidine rings is 2. The third-order valence-corrected chi connectivity index (χ3v) is 6.72. The van der Waals surface area contributed by atoms with Crippen molar-refractivity contribution < 1.29 is 28.6 Å². The number of rotatable bonds is 2. The first-order valence-corrected chi connectivity index (χ1v) is 7.52. The molecule has 0 radical (unpaired) electrons. The van der Waals surface area contributed by atoms with Gasteiger partial charge in [0.2, 0.25) is 0 Å². The van der Waals surface area contributed by atoms with Crippen molar-refractivity contribution in [2.24, 2.45) is 28.6 Å². The van der Waals surface area contributed by atoms with Crippen LogP contribution in [0.25, 0.3) is 0 Å². The molecule has 2 saturated heterocycles. The minimum atomic E-state index is -0.936. The molecule has 0 aromatic carbocycles. The van der Waals surface area contributed by atoms with Crippen molar-refractivity contribution in [1.29, 1.82) is 0 Å². The standard InChI is InChI=1S/C15H19NO6/c1-20-11(17)14-5-9-7-4-8(14)10(15(9,14)12(18)21-2)16(6-7)13(19)22-3/h7-10H,4-6H2,1-3H3. The van der Waals surface area contributed by atoms with Gasteiger partial charge >= 0.3 is 18.0 Å². The Hall–Kier alpha value is -1.79. The number of nitrogens with zero attached hydrogens (tertiary/aromatic N) is 1. The van der Waals surface area contributed by atoms with Crippen molar-refractivity contribution in [2.45, 2.75) is 18.9 Å². The van der Waals surface area contributed by atoms with Crippen molar-refractivity contribution >= 4 is 18.0 Å². The Kier molecular flexibility index (Phi) is 2.48. The first kappa shape index (κ1) is 13.8. The van der Waals surface area contributed by atoms with E-state index in [-0.39, 0.29) is 29.8 Å². The second-order valence-corrected chi connectivity index (χ2v) is 6.80. The molecule has 1 amide bonds. The van der Waals surface area contributed by atoms with Gasteiger partial charge in [-0.15, -0.1) is 0 Å². The van der Waals surface area contributed by atoms with Crippen LogP contribution in [-0.4, -0.2) is 56.8 Å². The van der Waals surface area contributed by atoms with Gasteiger partial charge in [-0.1, -0.05) is 0 Å². The van der Waals surface area contributed by atoms with E-state index in [1.54, 1.807) is 4.90 Å². The summed E-state index contributed by atoms with van der Waals surface area (Å²) >= 11 is 0. The lowest BCUT2D eigenvalue weighted by atomic mass is 9.19. The van der Waals surface area contributed by atoms with Gasteiger partial charge in [-0.2, -0.15) is 0 Å². The van der Waals surface area contributed by atoms with Gasteiger partial charge in [0, 0.05) is 6.54 Å². The van der Waals surface area contributed by atoms with Crippen molar-refractivity contribution in [1.82, 2.24) is 4.90 Å². The quantitative estimate of drug-likeness (QED) is 0.543. The molecule has 0 N–H and O–H groups in total. The van der Waals surface area contributed by atoms with Gasteiger partial charge < -0.3 is 19.1 Å². The zero-order chi connectivity index (χ0) is 15.9. The number of carbonyl (C=O) groups excluding carboxylic acids is 3. The molecule has 6 atom stereocenters. The molecule has 6 bridgehead atoms. The maximum absolute atomic E-state index is 12.6. The Balaban J connectivity index is 1.82. The molecule has 5 saturated carbocycles. The number of carbonyl (C=O) groups is 3. The van der Waals surface area contributed by atoms with E-state index in [1.807, 2.05) is 0 Å². The van der Waals surface area contributed by atoms with Crippen LogP contribution in [0, 0.1) is 28.6 Å². The van der Waals surface area contributed by atoms with Gasteiger partial charge in [0.1, 0.15) is 5.41 Å². The fourth-order valence-electron chi connectivity index (χ4n) is 6.21. The predicted octanol–water partition coefficient (Wildman–Crippen LogP) is 0.425. The van der Waals surface area contributed by atoms with Crippen LogP contribution in [0.15, 0.2) is 0 Å². The lowest BCUT2D eigenvalue weighted by Gasteiger charge is -2.84. The zero-order valence-electron chi connectivity index (χ0n) is 12.8.